The van der Waals surface area contributed by atoms with E-state index in [1.807, 2.05) is 0 Å². The van der Waals surface area contributed by atoms with E-state index in [2.05, 4.69) is 35.5 Å². The molecule has 1 amide bonds. The maximum Gasteiger partial charge on any atom is 0.397 e. The molecule has 0 bridgehead atoms. The molecule has 1 aliphatic heterocycles. The van der Waals surface area contributed by atoms with Gasteiger partial charge in [0, 0.05) is 0 Å². The number of hydrogen-bond donors (Lipinski definition) is 7. The second-order valence-corrected chi connectivity index (χ2v) is 17.5. The summed E-state index contributed by atoms with van der Waals surface area (Å²) < 4.78 is 47.4. The van der Waals surface area contributed by atoms with Crippen LogP contribution in [-0.2, 0) is 28.9 Å². The molecule has 1 rings (SSSR count). The lowest BCUT2D eigenvalue weighted by atomic mass is 9.99. The van der Waals surface area contributed by atoms with Crippen LogP contribution >= 0.6 is 0 Å². The monoisotopic (exact) mass is 864 g/mol. The third-order valence-electron chi connectivity index (χ3n) is 11.1. The molecule has 0 aromatic heterocycles. The smallest absolute Gasteiger partial charge is 0.394 e. The first-order chi connectivity index (χ1) is 28.4. The third kappa shape index (κ3) is 28.7. The van der Waals surface area contributed by atoms with Crippen molar-refractivity contribution in [3.05, 3.63) is 24.3 Å². The van der Waals surface area contributed by atoms with E-state index in [0.717, 1.165) is 38.5 Å². The van der Waals surface area contributed by atoms with Gasteiger partial charge in [-0.05, 0) is 32.1 Å². The Morgan fingerprint density at radius 2 is 1.14 bits per heavy atom. The van der Waals surface area contributed by atoms with Gasteiger partial charge >= 0.3 is 10.4 Å². The van der Waals surface area contributed by atoms with Gasteiger partial charge in [-0.25, -0.2) is 4.18 Å². The minimum Gasteiger partial charge on any atom is -0.394 e. The number of amides is 1. The lowest BCUT2D eigenvalue weighted by molar-refractivity contribution is -0.298. The van der Waals surface area contributed by atoms with E-state index < -0.39 is 78.5 Å². The second-order valence-electron chi connectivity index (χ2n) is 16.5. The molecule has 0 aromatic carbocycles. The SMILES string of the molecule is CCCCCCCCCCCCCCCCC/C=C/CC/C=C/C(O)C(COC1OC(CO)C(O)C(OS(=O)(=O)O)C1O)NC(=O)C(O)CCCCCCCCCCC. The minimum atomic E-state index is -5.12. The molecule has 0 spiro atoms. The van der Waals surface area contributed by atoms with Crippen molar-refractivity contribution in [2.45, 2.75) is 243 Å². The molecular weight excluding hydrogens is 779 g/mol. The van der Waals surface area contributed by atoms with Gasteiger partial charge < -0.3 is 40.3 Å². The van der Waals surface area contributed by atoms with Crippen molar-refractivity contribution in [1.82, 2.24) is 5.32 Å². The molecule has 0 saturated carbocycles. The summed E-state index contributed by atoms with van der Waals surface area (Å²) in [4.78, 5) is 13.0. The van der Waals surface area contributed by atoms with Crippen molar-refractivity contribution in [2.75, 3.05) is 13.2 Å². The quantitative estimate of drug-likeness (QED) is 0.0179. The molecule has 1 saturated heterocycles. The zero-order valence-corrected chi connectivity index (χ0v) is 37.5. The molecule has 348 valence electrons. The highest BCUT2D eigenvalue weighted by Gasteiger charge is 2.48. The van der Waals surface area contributed by atoms with Crippen molar-refractivity contribution >= 4 is 16.3 Å². The van der Waals surface area contributed by atoms with Gasteiger partial charge in [-0.15, -0.1) is 0 Å². The number of unbranched alkanes of at least 4 members (excludes halogenated alkanes) is 24. The largest absolute Gasteiger partial charge is 0.397 e. The van der Waals surface area contributed by atoms with Gasteiger partial charge in [-0.1, -0.05) is 186 Å². The van der Waals surface area contributed by atoms with Gasteiger partial charge in [0.1, 0.15) is 30.5 Å². The standard InChI is InChI=1S/C45H85NO12S/c1-3-5-7-9-11-13-14-15-16-17-18-19-20-21-22-23-24-26-27-29-31-33-38(48)37(46-44(52)39(49)34-32-30-28-25-12-10-8-6-4-2)36-56-45-42(51)43(58-59(53,54)55)41(50)40(35-47)57-45/h24,26,31,33,37-43,45,47-51H,3-23,25,27-30,32,34-36H2,1-2H3,(H,46,52)(H,53,54,55)/b26-24+,33-31+. The van der Waals surface area contributed by atoms with E-state index in [9.17, 15) is 38.7 Å². The molecular formula is C45H85NO12S. The van der Waals surface area contributed by atoms with E-state index in [4.69, 9.17) is 14.0 Å². The first-order valence-electron chi connectivity index (χ1n) is 23.3. The predicted octanol–water partition coefficient (Wildman–Crippen LogP) is 7.91. The molecule has 0 radical (unpaired) electrons. The van der Waals surface area contributed by atoms with E-state index >= 15 is 0 Å². The molecule has 1 aliphatic rings. The minimum absolute atomic E-state index is 0.238. The highest BCUT2D eigenvalue weighted by atomic mass is 32.3. The molecule has 13 nitrogen and oxygen atoms in total. The normalized spacial score (nSPS) is 21.7. The summed E-state index contributed by atoms with van der Waals surface area (Å²) in [7, 11) is -5.12. The summed E-state index contributed by atoms with van der Waals surface area (Å²) in [5, 5.41) is 55.0. The molecule has 7 N–H and O–H groups in total. The van der Waals surface area contributed by atoms with Gasteiger partial charge in [0.25, 0.3) is 0 Å². The van der Waals surface area contributed by atoms with Crippen LogP contribution < -0.4 is 5.32 Å². The number of nitrogens with one attached hydrogen (secondary N) is 1. The fourth-order valence-electron chi connectivity index (χ4n) is 7.36. The Hall–Kier alpha value is -1.46. The Morgan fingerprint density at radius 1 is 0.678 bits per heavy atom. The highest BCUT2D eigenvalue weighted by Crippen LogP contribution is 2.26. The van der Waals surface area contributed by atoms with Crippen molar-refractivity contribution in [2.24, 2.45) is 0 Å². The summed E-state index contributed by atoms with van der Waals surface area (Å²) in [5.74, 6) is -0.714. The van der Waals surface area contributed by atoms with Crippen LogP contribution in [0.4, 0.5) is 0 Å². The number of carbonyl (C=O) groups excluding carboxylic acids is 1. The first-order valence-corrected chi connectivity index (χ1v) is 24.7. The van der Waals surface area contributed by atoms with Crippen LogP contribution in [0.3, 0.4) is 0 Å². The van der Waals surface area contributed by atoms with Crippen LogP contribution in [0.15, 0.2) is 24.3 Å². The fourth-order valence-corrected chi connectivity index (χ4v) is 7.87. The van der Waals surface area contributed by atoms with Gasteiger partial charge in [0.15, 0.2) is 6.29 Å². The first kappa shape index (κ1) is 55.6. The van der Waals surface area contributed by atoms with Gasteiger partial charge in [-0.2, -0.15) is 8.42 Å². The number of carbonyl (C=O) groups is 1. The Morgan fingerprint density at radius 3 is 1.63 bits per heavy atom. The maximum atomic E-state index is 13.0. The van der Waals surface area contributed by atoms with Crippen molar-refractivity contribution < 1.29 is 57.0 Å². The molecule has 59 heavy (non-hydrogen) atoms. The Labute approximate surface area is 357 Å². The van der Waals surface area contributed by atoms with Crippen LogP contribution in [0.25, 0.3) is 0 Å². The molecule has 1 fully saturated rings. The summed E-state index contributed by atoms with van der Waals surface area (Å²) >= 11 is 0. The summed E-state index contributed by atoms with van der Waals surface area (Å²) in [5.41, 5.74) is 0. The second kappa shape index (κ2) is 36.1. The molecule has 8 unspecified atom stereocenters. The predicted molar refractivity (Wildman–Crippen MR) is 233 cm³/mol. The average molecular weight is 864 g/mol. The molecule has 8 atom stereocenters. The molecule has 1 heterocycles. The van der Waals surface area contributed by atoms with Crippen molar-refractivity contribution in [3.8, 4) is 0 Å². The Balaban J connectivity index is 2.56. The van der Waals surface area contributed by atoms with Crippen molar-refractivity contribution in [3.63, 3.8) is 0 Å². The van der Waals surface area contributed by atoms with Crippen LogP contribution in [-0.4, -0.2) is 107 Å². The maximum absolute atomic E-state index is 13.0. The Bertz CT molecular complexity index is 1170. The summed E-state index contributed by atoms with van der Waals surface area (Å²) in [6.45, 7) is 3.17. The number of allylic oxidation sites excluding steroid dienone is 3. The van der Waals surface area contributed by atoms with E-state index in [0.29, 0.717) is 12.8 Å². The average Bonchev–Trinajstić information content (AvgIpc) is 3.20. The lowest BCUT2D eigenvalue weighted by Crippen LogP contribution is -2.61. The van der Waals surface area contributed by atoms with Crippen molar-refractivity contribution in [1.29, 1.82) is 0 Å². The summed E-state index contributed by atoms with van der Waals surface area (Å²) in [6.07, 6.45) is 28.6. The van der Waals surface area contributed by atoms with Gasteiger partial charge in [0.05, 0.1) is 25.4 Å². The summed E-state index contributed by atoms with van der Waals surface area (Å²) in [6, 6.07) is -1.13. The molecule has 14 heteroatoms. The fraction of sp³-hybridized carbons (Fsp3) is 0.889. The zero-order valence-electron chi connectivity index (χ0n) is 36.7. The Kier molecular flexibility index (Phi) is 34.0. The zero-order chi connectivity index (χ0) is 43.6. The van der Waals surface area contributed by atoms with Crippen LogP contribution in [0.2, 0.25) is 0 Å². The van der Waals surface area contributed by atoms with Gasteiger partial charge in [-0.3, -0.25) is 9.35 Å². The van der Waals surface area contributed by atoms with E-state index in [1.165, 1.54) is 128 Å². The number of aliphatic hydroxyl groups is 5. The number of rotatable bonds is 39. The van der Waals surface area contributed by atoms with Crippen LogP contribution in [0.5, 0.6) is 0 Å². The molecule has 0 aliphatic carbocycles. The highest BCUT2D eigenvalue weighted by molar-refractivity contribution is 7.80. The number of hydrogen-bond acceptors (Lipinski definition) is 11. The lowest BCUT2D eigenvalue weighted by Gasteiger charge is -2.41. The number of aliphatic hydroxyl groups excluding tert-OH is 5. The van der Waals surface area contributed by atoms with E-state index in [1.54, 1.807) is 6.08 Å². The topological polar surface area (TPSA) is 212 Å². The van der Waals surface area contributed by atoms with Gasteiger partial charge in [0.2, 0.25) is 5.91 Å². The number of ether oxygens (including phenoxy) is 2. The van der Waals surface area contributed by atoms with E-state index in [-0.39, 0.29) is 6.42 Å². The third-order valence-corrected chi connectivity index (χ3v) is 11.6. The van der Waals surface area contributed by atoms with Crippen LogP contribution in [0.1, 0.15) is 194 Å². The van der Waals surface area contributed by atoms with Crippen LogP contribution in [0, 0.1) is 0 Å². The molecule has 0 aromatic rings.